The molecule has 0 atom stereocenters. The molecule has 0 bridgehead atoms. The van der Waals surface area contributed by atoms with E-state index in [1.807, 2.05) is 0 Å². The van der Waals surface area contributed by atoms with E-state index in [2.05, 4.69) is 50.3 Å². The standard InChI is InChI=1S/C11H12ClIN2O/c1-16-5-4-15-10-3-2-8(13)6-9(10)14-11(15)7-12/h2-3,6H,4-5,7H2,1H3. The summed E-state index contributed by atoms with van der Waals surface area (Å²) in [6, 6.07) is 6.22. The zero-order valence-electron chi connectivity index (χ0n) is 8.91. The number of rotatable bonds is 4. The molecular weight excluding hydrogens is 338 g/mol. The number of alkyl halides is 1. The molecule has 0 aliphatic rings. The van der Waals surface area contributed by atoms with E-state index in [1.165, 1.54) is 3.57 Å². The smallest absolute Gasteiger partial charge is 0.124 e. The van der Waals surface area contributed by atoms with Gasteiger partial charge in [-0.05, 0) is 40.8 Å². The Morgan fingerprint density at radius 1 is 1.50 bits per heavy atom. The third-order valence-corrected chi connectivity index (χ3v) is 3.34. The summed E-state index contributed by atoms with van der Waals surface area (Å²) in [5, 5.41) is 0. The first-order valence-electron chi connectivity index (χ1n) is 4.96. The normalized spacial score (nSPS) is 11.2. The number of methoxy groups -OCH3 is 1. The molecule has 16 heavy (non-hydrogen) atoms. The van der Waals surface area contributed by atoms with Gasteiger partial charge in [-0.2, -0.15) is 0 Å². The number of ether oxygens (including phenoxy) is 1. The highest BCUT2D eigenvalue weighted by Gasteiger charge is 2.09. The van der Waals surface area contributed by atoms with Gasteiger partial charge in [0.05, 0.1) is 23.5 Å². The molecule has 0 fully saturated rings. The number of fused-ring (bicyclic) bond motifs is 1. The Kier molecular flexibility index (Phi) is 4.05. The van der Waals surface area contributed by atoms with Gasteiger partial charge < -0.3 is 9.30 Å². The van der Waals surface area contributed by atoms with E-state index in [4.69, 9.17) is 16.3 Å². The van der Waals surface area contributed by atoms with Crippen LogP contribution in [0.4, 0.5) is 0 Å². The van der Waals surface area contributed by atoms with Crippen molar-refractivity contribution in [3.8, 4) is 0 Å². The highest BCUT2D eigenvalue weighted by molar-refractivity contribution is 14.1. The average molecular weight is 351 g/mol. The summed E-state index contributed by atoms with van der Waals surface area (Å²) in [7, 11) is 1.70. The largest absolute Gasteiger partial charge is 0.383 e. The molecule has 0 unspecified atom stereocenters. The number of imidazole rings is 1. The van der Waals surface area contributed by atoms with Crippen LogP contribution in [0.25, 0.3) is 11.0 Å². The number of hydrogen-bond acceptors (Lipinski definition) is 2. The van der Waals surface area contributed by atoms with Crippen LogP contribution in [-0.4, -0.2) is 23.3 Å². The van der Waals surface area contributed by atoms with Crippen LogP contribution < -0.4 is 0 Å². The first kappa shape index (κ1) is 12.1. The fourth-order valence-electron chi connectivity index (χ4n) is 1.69. The SMILES string of the molecule is COCCn1c(CCl)nc2cc(I)ccc21. The van der Waals surface area contributed by atoms with Crippen LogP contribution >= 0.6 is 34.2 Å². The fourth-order valence-corrected chi connectivity index (χ4v) is 2.37. The molecule has 0 N–H and O–H groups in total. The van der Waals surface area contributed by atoms with Crippen LogP contribution in [0.2, 0.25) is 0 Å². The first-order chi connectivity index (χ1) is 7.76. The first-order valence-corrected chi connectivity index (χ1v) is 6.57. The summed E-state index contributed by atoms with van der Waals surface area (Å²) in [5.74, 6) is 1.32. The molecule has 2 aromatic rings. The number of halogens is 2. The molecule has 0 radical (unpaired) electrons. The highest BCUT2D eigenvalue weighted by atomic mass is 127. The third-order valence-electron chi connectivity index (χ3n) is 2.43. The van der Waals surface area contributed by atoms with Crippen LogP contribution in [0.1, 0.15) is 5.82 Å². The van der Waals surface area contributed by atoms with Gasteiger partial charge in [0.15, 0.2) is 0 Å². The minimum Gasteiger partial charge on any atom is -0.383 e. The second-order valence-corrected chi connectivity index (χ2v) is 4.95. The molecule has 5 heteroatoms. The topological polar surface area (TPSA) is 27.1 Å². The van der Waals surface area contributed by atoms with Gasteiger partial charge in [-0.1, -0.05) is 0 Å². The van der Waals surface area contributed by atoms with Crippen molar-refractivity contribution in [3.05, 3.63) is 27.6 Å². The molecule has 0 amide bonds. The molecule has 0 saturated carbocycles. The van der Waals surface area contributed by atoms with Crippen molar-refractivity contribution in [2.45, 2.75) is 12.4 Å². The maximum Gasteiger partial charge on any atom is 0.124 e. The van der Waals surface area contributed by atoms with E-state index in [9.17, 15) is 0 Å². The highest BCUT2D eigenvalue weighted by Crippen LogP contribution is 2.20. The monoisotopic (exact) mass is 350 g/mol. The predicted octanol–water partition coefficient (Wildman–Crippen LogP) is 3.03. The minimum atomic E-state index is 0.426. The van der Waals surface area contributed by atoms with Crippen LogP contribution in [0, 0.1) is 3.57 Å². The summed E-state index contributed by atoms with van der Waals surface area (Å²) in [6.45, 7) is 1.46. The van der Waals surface area contributed by atoms with Crippen LogP contribution in [0.5, 0.6) is 0 Å². The van der Waals surface area contributed by atoms with Gasteiger partial charge in [-0.25, -0.2) is 4.98 Å². The van der Waals surface area contributed by atoms with E-state index in [1.54, 1.807) is 7.11 Å². The van der Waals surface area contributed by atoms with E-state index < -0.39 is 0 Å². The van der Waals surface area contributed by atoms with Gasteiger partial charge in [-0.15, -0.1) is 11.6 Å². The molecule has 1 aromatic heterocycles. The number of benzene rings is 1. The van der Waals surface area contributed by atoms with Crippen LogP contribution in [0.15, 0.2) is 18.2 Å². The Balaban J connectivity index is 2.50. The molecule has 2 rings (SSSR count). The summed E-state index contributed by atoms with van der Waals surface area (Å²) in [6.07, 6.45) is 0. The molecule has 0 spiro atoms. The van der Waals surface area contributed by atoms with Crippen LogP contribution in [-0.2, 0) is 17.2 Å². The lowest BCUT2D eigenvalue weighted by atomic mass is 10.3. The Labute approximate surface area is 113 Å². The van der Waals surface area contributed by atoms with Crippen molar-refractivity contribution >= 4 is 45.2 Å². The van der Waals surface area contributed by atoms with Gasteiger partial charge in [0, 0.05) is 17.2 Å². The van der Waals surface area contributed by atoms with Gasteiger partial charge >= 0.3 is 0 Å². The lowest BCUT2D eigenvalue weighted by Gasteiger charge is -2.06. The molecule has 0 saturated heterocycles. The second kappa shape index (κ2) is 5.33. The molecule has 1 heterocycles. The Hall–Kier alpha value is -0.330. The third kappa shape index (κ3) is 2.33. The number of hydrogen-bond donors (Lipinski definition) is 0. The van der Waals surface area contributed by atoms with E-state index in [0.717, 1.165) is 23.4 Å². The van der Waals surface area contributed by atoms with Gasteiger partial charge in [0.25, 0.3) is 0 Å². The fraction of sp³-hybridized carbons (Fsp3) is 0.364. The minimum absolute atomic E-state index is 0.426. The van der Waals surface area contributed by atoms with E-state index in [0.29, 0.717) is 12.5 Å². The zero-order chi connectivity index (χ0) is 11.5. The lowest BCUT2D eigenvalue weighted by molar-refractivity contribution is 0.187. The Bertz CT molecular complexity index is 498. The van der Waals surface area contributed by atoms with Crippen molar-refractivity contribution in [3.63, 3.8) is 0 Å². The molecule has 0 aliphatic carbocycles. The van der Waals surface area contributed by atoms with E-state index >= 15 is 0 Å². The van der Waals surface area contributed by atoms with Crippen molar-refractivity contribution < 1.29 is 4.74 Å². The van der Waals surface area contributed by atoms with Gasteiger partial charge in [-0.3, -0.25) is 0 Å². The average Bonchev–Trinajstić information content (AvgIpc) is 2.63. The summed E-state index contributed by atoms with van der Waals surface area (Å²) in [4.78, 5) is 4.52. The number of nitrogens with zero attached hydrogens (tertiary/aromatic N) is 2. The predicted molar refractivity (Wildman–Crippen MR) is 73.9 cm³/mol. The molecule has 3 nitrogen and oxygen atoms in total. The molecular formula is C11H12ClIN2O. The summed E-state index contributed by atoms with van der Waals surface area (Å²) < 4.78 is 8.39. The van der Waals surface area contributed by atoms with Crippen LogP contribution in [0.3, 0.4) is 0 Å². The van der Waals surface area contributed by atoms with Crippen molar-refractivity contribution in [1.82, 2.24) is 9.55 Å². The van der Waals surface area contributed by atoms with Gasteiger partial charge in [0.2, 0.25) is 0 Å². The molecule has 0 aliphatic heterocycles. The van der Waals surface area contributed by atoms with Crippen molar-refractivity contribution in [2.75, 3.05) is 13.7 Å². The quantitative estimate of drug-likeness (QED) is 0.626. The molecule has 1 aromatic carbocycles. The van der Waals surface area contributed by atoms with Crippen molar-refractivity contribution in [1.29, 1.82) is 0 Å². The zero-order valence-corrected chi connectivity index (χ0v) is 11.8. The Morgan fingerprint density at radius 3 is 3.00 bits per heavy atom. The Morgan fingerprint density at radius 2 is 2.31 bits per heavy atom. The van der Waals surface area contributed by atoms with Crippen molar-refractivity contribution in [2.24, 2.45) is 0 Å². The summed E-state index contributed by atoms with van der Waals surface area (Å²) in [5.41, 5.74) is 2.12. The van der Waals surface area contributed by atoms with E-state index in [-0.39, 0.29) is 0 Å². The number of aromatic nitrogens is 2. The van der Waals surface area contributed by atoms with Gasteiger partial charge in [0.1, 0.15) is 5.82 Å². The maximum absolute atomic E-state index is 5.90. The molecule has 86 valence electrons. The lowest BCUT2D eigenvalue weighted by Crippen LogP contribution is -2.07. The maximum atomic E-state index is 5.90. The summed E-state index contributed by atoms with van der Waals surface area (Å²) >= 11 is 8.18. The second-order valence-electron chi connectivity index (χ2n) is 3.44.